The zero-order valence-corrected chi connectivity index (χ0v) is 11.0. The van der Waals surface area contributed by atoms with Crippen molar-refractivity contribution in [3.63, 3.8) is 0 Å². The minimum atomic E-state index is -0.112. The van der Waals surface area contributed by atoms with Crippen LogP contribution in [-0.2, 0) is 9.59 Å². The maximum absolute atomic E-state index is 11.0. The molecular weight excluding hydrogens is 248 g/mol. The third-order valence-electron chi connectivity index (χ3n) is 3.13. The fraction of sp³-hybridized carbons (Fsp3) is 0.385. The monoisotopic (exact) mass is 264 g/mol. The van der Waals surface area contributed by atoms with E-state index >= 15 is 0 Å². The summed E-state index contributed by atoms with van der Waals surface area (Å²) in [6.07, 6.45) is 1.83. The first kappa shape index (κ1) is 13.1. The van der Waals surface area contributed by atoms with Crippen molar-refractivity contribution in [1.82, 2.24) is 5.32 Å². The Bertz CT molecular complexity index is 476. The molecule has 0 saturated carbocycles. The highest BCUT2D eigenvalue weighted by Gasteiger charge is 2.29. The van der Waals surface area contributed by atoms with E-state index in [1.807, 2.05) is 12.1 Å². The predicted molar refractivity (Wildman–Crippen MR) is 72.9 cm³/mol. The molecule has 0 aromatic heterocycles. The van der Waals surface area contributed by atoms with E-state index in [1.165, 1.54) is 6.92 Å². The lowest BCUT2D eigenvalue weighted by atomic mass is 9.95. The Morgan fingerprint density at radius 1 is 1.56 bits per heavy atom. The van der Waals surface area contributed by atoms with Gasteiger partial charge in [-0.1, -0.05) is 0 Å². The second-order valence-electron chi connectivity index (χ2n) is 4.48. The number of aldehydes is 1. The molecule has 1 heterocycles. The van der Waals surface area contributed by atoms with Crippen LogP contribution in [-0.4, -0.2) is 18.7 Å². The van der Waals surface area contributed by atoms with Crippen LogP contribution in [0, 0.1) is 5.92 Å². The van der Waals surface area contributed by atoms with E-state index in [2.05, 4.69) is 23.3 Å². The van der Waals surface area contributed by atoms with Crippen molar-refractivity contribution in [3.8, 4) is 0 Å². The molecule has 2 N–H and O–H groups in total. The zero-order chi connectivity index (χ0) is 13.1. The molecule has 1 saturated heterocycles. The maximum Gasteiger partial charge on any atom is 0.221 e. The van der Waals surface area contributed by atoms with Crippen LogP contribution in [0.4, 0.5) is 5.69 Å². The van der Waals surface area contributed by atoms with Crippen LogP contribution in [0.15, 0.2) is 23.1 Å². The van der Waals surface area contributed by atoms with Crippen molar-refractivity contribution in [2.24, 2.45) is 5.92 Å². The Balaban J connectivity index is 2.30. The number of hydrogen-bond donors (Lipinski definition) is 3. The molecule has 0 spiro atoms. The molecule has 0 unspecified atom stereocenters. The van der Waals surface area contributed by atoms with Crippen molar-refractivity contribution >= 4 is 30.5 Å². The first-order valence-corrected chi connectivity index (χ1v) is 6.35. The molecule has 1 fully saturated rings. The normalized spacial score (nSPS) is 22.8. The molecule has 18 heavy (non-hydrogen) atoms. The molecule has 2 atom stereocenters. The van der Waals surface area contributed by atoms with E-state index in [0.717, 1.165) is 35.4 Å². The van der Waals surface area contributed by atoms with Gasteiger partial charge in [0, 0.05) is 29.5 Å². The van der Waals surface area contributed by atoms with Gasteiger partial charge in [-0.25, -0.2) is 0 Å². The third kappa shape index (κ3) is 2.73. The lowest BCUT2D eigenvalue weighted by Gasteiger charge is -2.18. The van der Waals surface area contributed by atoms with Crippen molar-refractivity contribution in [3.05, 3.63) is 23.8 Å². The van der Waals surface area contributed by atoms with Crippen LogP contribution in [0.25, 0.3) is 0 Å². The summed E-state index contributed by atoms with van der Waals surface area (Å²) in [5, 5.41) is 6.04. The van der Waals surface area contributed by atoms with Gasteiger partial charge < -0.3 is 15.4 Å². The number of thiol groups is 1. The van der Waals surface area contributed by atoms with Crippen molar-refractivity contribution in [2.75, 3.05) is 11.9 Å². The predicted octanol–water partition coefficient (Wildman–Crippen LogP) is 1.78. The Kier molecular flexibility index (Phi) is 4.04. The average Bonchev–Trinajstić information content (AvgIpc) is 2.79. The topological polar surface area (TPSA) is 58.2 Å². The Morgan fingerprint density at radius 2 is 2.33 bits per heavy atom. The molecule has 0 radical (unpaired) electrons. The van der Waals surface area contributed by atoms with E-state index in [0.29, 0.717) is 0 Å². The van der Waals surface area contributed by atoms with Gasteiger partial charge in [-0.15, -0.1) is 12.6 Å². The Labute approximate surface area is 112 Å². The largest absolute Gasteiger partial charge is 0.326 e. The van der Waals surface area contributed by atoms with Crippen LogP contribution in [0.3, 0.4) is 0 Å². The average molecular weight is 264 g/mol. The minimum Gasteiger partial charge on any atom is -0.326 e. The second kappa shape index (κ2) is 5.54. The van der Waals surface area contributed by atoms with Crippen molar-refractivity contribution in [1.29, 1.82) is 0 Å². The van der Waals surface area contributed by atoms with Gasteiger partial charge in [-0.05, 0) is 36.7 Å². The van der Waals surface area contributed by atoms with Gasteiger partial charge in [0.05, 0.1) is 0 Å². The summed E-state index contributed by atoms with van der Waals surface area (Å²) < 4.78 is 0. The van der Waals surface area contributed by atoms with Crippen LogP contribution in [0.5, 0.6) is 0 Å². The quantitative estimate of drug-likeness (QED) is 0.576. The van der Waals surface area contributed by atoms with Crippen molar-refractivity contribution in [2.45, 2.75) is 24.3 Å². The van der Waals surface area contributed by atoms with E-state index in [1.54, 1.807) is 6.07 Å². The highest BCUT2D eigenvalue weighted by molar-refractivity contribution is 7.80. The summed E-state index contributed by atoms with van der Waals surface area (Å²) in [5.41, 5.74) is 1.69. The van der Waals surface area contributed by atoms with Gasteiger partial charge in [-0.2, -0.15) is 0 Å². The molecule has 2 rings (SSSR count). The number of benzene rings is 1. The van der Waals surface area contributed by atoms with E-state index in [9.17, 15) is 9.59 Å². The lowest BCUT2D eigenvalue weighted by Crippen LogP contribution is -2.19. The summed E-state index contributed by atoms with van der Waals surface area (Å²) in [6.45, 7) is 2.29. The second-order valence-corrected chi connectivity index (χ2v) is 4.96. The van der Waals surface area contributed by atoms with Gasteiger partial charge >= 0.3 is 0 Å². The number of carbonyl (C=O) groups is 2. The molecule has 1 amide bonds. The summed E-state index contributed by atoms with van der Waals surface area (Å²) >= 11 is 4.42. The number of amides is 1. The van der Waals surface area contributed by atoms with E-state index < -0.39 is 0 Å². The Morgan fingerprint density at radius 3 is 3.00 bits per heavy atom. The van der Waals surface area contributed by atoms with E-state index in [-0.39, 0.29) is 17.9 Å². The standard InChI is InChI=1S/C13H16N2O2S/c1-8(17)15-10-2-3-12(18)11(6-10)13-9(7-16)4-5-14-13/h2-3,6-7,9,13-14,18H,4-5H2,1H3,(H,15,17)/t9-,13+/m0/s1. The number of anilines is 1. The first-order valence-electron chi connectivity index (χ1n) is 5.91. The van der Waals surface area contributed by atoms with Crippen LogP contribution < -0.4 is 10.6 Å². The summed E-state index contributed by atoms with van der Waals surface area (Å²) in [7, 11) is 0. The van der Waals surface area contributed by atoms with Crippen LogP contribution in [0.1, 0.15) is 24.9 Å². The summed E-state index contributed by atoms with van der Waals surface area (Å²) in [4.78, 5) is 22.9. The first-order chi connectivity index (χ1) is 8.61. The number of carbonyl (C=O) groups excluding carboxylic acids is 2. The van der Waals surface area contributed by atoms with Gasteiger partial charge in [0.25, 0.3) is 0 Å². The number of hydrogen-bond acceptors (Lipinski definition) is 4. The maximum atomic E-state index is 11.0. The molecule has 1 aliphatic heterocycles. The lowest BCUT2D eigenvalue weighted by molar-refractivity contribution is -0.114. The molecule has 5 heteroatoms. The fourth-order valence-electron chi connectivity index (χ4n) is 2.30. The highest BCUT2D eigenvalue weighted by Crippen LogP contribution is 2.33. The van der Waals surface area contributed by atoms with Gasteiger partial charge in [0.1, 0.15) is 6.29 Å². The molecule has 0 bridgehead atoms. The van der Waals surface area contributed by atoms with E-state index in [4.69, 9.17) is 0 Å². The van der Waals surface area contributed by atoms with Crippen LogP contribution in [0.2, 0.25) is 0 Å². The third-order valence-corrected chi connectivity index (χ3v) is 3.54. The smallest absolute Gasteiger partial charge is 0.221 e. The SMILES string of the molecule is CC(=O)Nc1ccc(S)c([C@@H]2NCC[C@H]2C=O)c1. The highest BCUT2D eigenvalue weighted by atomic mass is 32.1. The van der Waals surface area contributed by atoms with Crippen molar-refractivity contribution < 1.29 is 9.59 Å². The minimum absolute atomic E-state index is 0.0105. The number of rotatable bonds is 3. The molecule has 0 aliphatic carbocycles. The van der Waals surface area contributed by atoms with Gasteiger partial charge in [0.2, 0.25) is 5.91 Å². The van der Waals surface area contributed by atoms with Gasteiger partial charge in [0.15, 0.2) is 0 Å². The number of nitrogens with one attached hydrogen (secondary N) is 2. The molecule has 96 valence electrons. The molecular formula is C13H16N2O2S. The Hall–Kier alpha value is -1.33. The molecule has 1 aromatic rings. The molecule has 1 aromatic carbocycles. The zero-order valence-electron chi connectivity index (χ0n) is 10.1. The van der Waals surface area contributed by atoms with Crippen LogP contribution >= 0.6 is 12.6 Å². The molecule has 1 aliphatic rings. The van der Waals surface area contributed by atoms with Gasteiger partial charge in [-0.3, -0.25) is 4.79 Å². The molecule has 4 nitrogen and oxygen atoms in total. The summed E-state index contributed by atoms with van der Waals surface area (Å²) in [5.74, 6) is -0.136. The fourth-order valence-corrected chi connectivity index (χ4v) is 2.57. The summed E-state index contributed by atoms with van der Waals surface area (Å²) in [6, 6.07) is 5.51.